The Labute approximate surface area is 144 Å². The van der Waals surface area contributed by atoms with Crippen molar-refractivity contribution in [3.05, 3.63) is 24.0 Å². The van der Waals surface area contributed by atoms with E-state index in [9.17, 15) is 9.59 Å². The number of piperazine rings is 1. The van der Waals surface area contributed by atoms with Crippen LogP contribution in [0.1, 0.15) is 44.1 Å². The molecular weight excluding hydrogens is 304 g/mol. The normalized spacial score (nSPS) is 14.6. The number of carbonyl (C=O) groups excluding carboxylic acids is 2. The molecule has 0 aromatic carbocycles. The number of nitrogens with zero attached hydrogens (tertiary/aromatic N) is 4. The maximum atomic E-state index is 12.5. The molecule has 0 N–H and O–H groups in total. The molecule has 1 aliphatic rings. The Morgan fingerprint density at radius 2 is 1.71 bits per heavy atom. The lowest BCUT2D eigenvalue weighted by Gasteiger charge is -2.35. The van der Waals surface area contributed by atoms with Gasteiger partial charge in [0, 0.05) is 46.2 Å². The summed E-state index contributed by atoms with van der Waals surface area (Å²) < 4.78 is 0. The summed E-state index contributed by atoms with van der Waals surface area (Å²) in [6.45, 7) is 10.4. The van der Waals surface area contributed by atoms with Crippen LogP contribution < -0.4 is 4.90 Å². The van der Waals surface area contributed by atoms with E-state index in [0.717, 1.165) is 57.8 Å². The molecule has 0 bridgehead atoms. The SMILES string of the molecule is CCCN(CCC)C(=O)c1ccc(N2CCN(C(C)=O)CC2)cn1. The predicted octanol–water partition coefficient (Wildman–Crippen LogP) is 2.01. The third-order valence-corrected chi connectivity index (χ3v) is 4.33. The Kier molecular flexibility index (Phi) is 6.58. The van der Waals surface area contributed by atoms with Crippen LogP contribution >= 0.6 is 0 Å². The zero-order valence-corrected chi connectivity index (χ0v) is 15.0. The lowest BCUT2D eigenvalue weighted by molar-refractivity contribution is -0.129. The van der Waals surface area contributed by atoms with E-state index in [2.05, 4.69) is 23.7 Å². The fraction of sp³-hybridized carbons (Fsp3) is 0.611. The van der Waals surface area contributed by atoms with E-state index < -0.39 is 0 Å². The summed E-state index contributed by atoms with van der Waals surface area (Å²) in [6, 6.07) is 3.77. The molecule has 2 rings (SSSR count). The molecule has 6 heteroatoms. The van der Waals surface area contributed by atoms with Gasteiger partial charge in [-0.15, -0.1) is 0 Å². The maximum Gasteiger partial charge on any atom is 0.272 e. The predicted molar refractivity (Wildman–Crippen MR) is 95.2 cm³/mol. The molecule has 1 aliphatic heterocycles. The summed E-state index contributed by atoms with van der Waals surface area (Å²) in [4.78, 5) is 34.2. The Morgan fingerprint density at radius 1 is 1.08 bits per heavy atom. The third-order valence-electron chi connectivity index (χ3n) is 4.33. The van der Waals surface area contributed by atoms with Crippen molar-refractivity contribution in [2.45, 2.75) is 33.6 Å². The van der Waals surface area contributed by atoms with Gasteiger partial charge in [0.25, 0.3) is 5.91 Å². The van der Waals surface area contributed by atoms with Gasteiger partial charge in [-0.3, -0.25) is 9.59 Å². The Bertz CT molecular complexity index is 545. The zero-order valence-electron chi connectivity index (χ0n) is 15.0. The highest BCUT2D eigenvalue weighted by molar-refractivity contribution is 5.92. The average molecular weight is 332 g/mol. The first-order chi connectivity index (χ1) is 11.6. The van der Waals surface area contributed by atoms with Gasteiger partial charge in [0.1, 0.15) is 5.69 Å². The number of amides is 2. The van der Waals surface area contributed by atoms with Crippen LogP contribution in [0.3, 0.4) is 0 Å². The van der Waals surface area contributed by atoms with Crippen molar-refractivity contribution in [1.29, 1.82) is 0 Å². The second kappa shape index (κ2) is 8.66. The van der Waals surface area contributed by atoms with Gasteiger partial charge in [0.05, 0.1) is 11.9 Å². The lowest BCUT2D eigenvalue weighted by atomic mass is 10.2. The van der Waals surface area contributed by atoms with Crippen molar-refractivity contribution in [1.82, 2.24) is 14.8 Å². The molecule has 0 unspecified atom stereocenters. The summed E-state index contributed by atoms with van der Waals surface area (Å²) in [6.07, 6.45) is 3.67. The first kappa shape index (κ1) is 18.2. The van der Waals surface area contributed by atoms with Gasteiger partial charge in [-0.2, -0.15) is 0 Å². The average Bonchev–Trinajstić information content (AvgIpc) is 2.61. The Morgan fingerprint density at radius 3 is 2.17 bits per heavy atom. The second-order valence-electron chi connectivity index (χ2n) is 6.19. The molecule has 1 saturated heterocycles. The molecule has 1 fully saturated rings. The van der Waals surface area contributed by atoms with Crippen LogP contribution in [0.2, 0.25) is 0 Å². The number of carbonyl (C=O) groups is 2. The van der Waals surface area contributed by atoms with Gasteiger partial charge >= 0.3 is 0 Å². The molecule has 132 valence electrons. The molecule has 6 nitrogen and oxygen atoms in total. The quantitative estimate of drug-likeness (QED) is 0.800. The fourth-order valence-corrected chi connectivity index (χ4v) is 3.00. The second-order valence-corrected chi connectivity index (χ2v) is 6.19. The van der Waals surface area contributed by atoms with Crippen LogP contribution in [0.25, 0.3) is 0 Å². The van der Waals surface area contributed by atoms with Crippen LogP contribution in [0.5, 0.6) is 0 Å². The first-order valence-electron chi connectivity index (χ1n) is 8.82. The molecule has 24 heavy (non-hydrogen) atoms. The van der Waals surface area contributed by atoms with Crippen LogP contribution in [0, 0.1) is 0 Å². The van der Waals surface area contributed by atoms with Crippen molar-refractivity contribution in [2.24, 2.45) is 0 Å². The van der Waals surface area contributed by atoms with Crippen molar-refractivity contribution >= 4 is 17.5 Å². The number of rotatable bonds is 6. The zero-order chi connectivity index (χ0) is 17.5. The summed E-state index contributed by atoms with van der Waals surface area (Å²) >= 11 is 0. The molecule has 0 radical (unpaired) electrons. The number of aromatic nitrogens is 1. The third kappa shape index (κ3) is 4.46. The number of anilines is 1. The fourth-order valence-electron chi connectivity index (χ4n) is 3.00. The van der Waals surface area contributed by atoms with Gasteiger partial charge in [-0.05, 0) is 25.0 Å². The molecule has 0 atom stereocenters. The van der Waals surface area contributed by atoms with Gasteiger partial charge in [0.15, 0.2) is 0 Å². The van der Waals surface area contributed by atoms with Crippen LogP contribution in [-0.2, 0) is 4.79 Å². The van der Waals surface area contributed by atoms with Gasteiger partial charge in [-0.25, -0.2) is 4.98 Å². The van der Waals surface area contributed by atoms with Crippen LogP contribution in [-0.4, -0.2) is 65.9 Å². The smallest absolute Gasteiger partial charge is 0.272 e. The Balaban J connectivity index is 2.00. The van der Waals surface area contributed by atoms with Crippen LogP contribution in [0.15, 0.2) is 18.3 Å². The topological polar surface area (TPSA) is 56.8 Å². The van der Waals surface area contributed by atoms with Crippen LogP contribution in [0.4, 0.5) is 5.69 Å². The molecule has 2 heterocycles. The van der Waals surface area contributed by atoms with Crippen molar-refractivity contribution in [3.8, 4) is 0 Å². The maximum absolute atomic E-state index is 12.5. The van der Waals surface area contributed by atoms with Gasteiger partial charge < -0.3 is 14.7 Å². The highest BCUT2D eigenvalue weighted by Gasteiger charge is 2.20. The van der Waals surface area contributed by atoms with E-state index in [1.165, 1.54) is 0 Å². The highest BCUT2D eigenvalue weighted by Crippen LogP contribution is 2.16. The molecule has 0 aliphatic carbocycles. The number of hydrogen-bond donors (Lipinski definition) is 0. The van der Waals surface area contributed by atoms with Gasteiger partial charge in [0.2, 0.25) is 5.91 Å². The summed E-state index contributed by atoms with van der Waals surface area (Å²) in [7, 11) is 0. The largest absolute Gasteiger partial charge is 0.367 e. The van der Waals surface area contributed by atoms with Crippen molar-refractivity contribution in [3.63, 3.8) is 0 Å². The summed E-state index contributed by atoms with van der Waals surface area (Å²) in [5.41, 5.74) is 1.51. The minimum atomic E-state index is 0.00616. The Hall–Kier alpha value is -2.11. The first-order valence-corrected chi connectivity index (χ1v) is 8.82. The lowest BCUT2D eigenvalue weighted by Crippen LogP contribution is -2.48. The minimum absolute atomic E-state index is 0.00616. The van der Waals surface area contributed by atoms with E-state index in [1.807, 2.05) is 21.9 Å². The molecule has 0 spiro atoms. The standard InChI is InChI=1S/C18H28N4O2/c1-4-8-22(9-5-2)18(24)17-7-6-16(14-19-17)21-12-10-20(11-13-21)15(3)23/h6-7,14H,4-5,8-13H2,1-3H3. The van der Waals surface area contributed by atoms with Gasteiger partial charge in [-0.1, -0.05) is 13.8 Å². The molecular formula is C18H28N4O2. The van der Waals surface area contributed by atoms with E-state index in [0.29, 0.717) is 5.69 Å². The molecule has 1 aromatic rings. The van der Waals surface area contributed by atoms with E-state index >= 15 is 0 Å². The van der Waals surface area contributed by atoms with E-state index in [1.54, 1.807) is 13.1 Å². The molecule has 1 aromatic heterocycles. The highest BCUT2D eigenvalue weighted by atomic mass is 16.2. The monoisotopic (exact) mass is 332 g/mol. The summed E-state index contributed by atoms with van der Waals surface area (Å²) in [5.74, 6) is 0.132. The number of pyridine rings is 1. The van der Waals surface area contributed by atoms with E-state index in [-0.39, 0.29) is 11.8 Å². The van der Waals surface area contributed by atoms with E-state index in [4.69, 9.17) is 0 Å². The minimum Gasteiger partial charge on any atom is -0.367 e. The van der Waals surface area contributed by atoms with Crippen molar-refractivity contribution < 1.29 is 9.59 Å². The van der Waals surface area contributed by atoms with Crippen molar-refractivity contribution in [2.75, 3.05) is 44.2 Å². The molecule has 0 saturated carbocycles. The number of hydrogen-bond acceptors (Lipinski definition) is 4. The summed E-state index contributed by atoms with van der Waals surface area (Å²) in [5, 5.41) is 0. The molecule has 2 amide bonds.